The van der Waals surface area contributed by atoms with Gasteiger partial charge in [-0.25, -0.2) is 13.6 Å². The van der Waals surface area contributed by atoms with Crippen LogP contribution in [0.2, 0.25) is 0 Å². The molecule has 8 heteroatoms. The number of aryl methyl sites for hydroxylation is 2. The molecule has 0 aliphatic carbocycles. The van der Waals surface area contributed by atoms with E-state index in [4.69, 9.17) is 5.14 Å². The van der Waals surface area contributed by atoms with Crippen LogP contribution in [0.25, 0.3) is 0 Å². The molecular weight excluding hydrogens is 424 g/mol. The Bertz CT molecular complexity index is 928. The van der Waals surface area contributed by atoms with Gasteiger partial charge in [-0.15, -0.1) is 11.8 Å². The highest BCUT2D eigenvalue weighted by Crippen LogP contribution is 2.27. The van der Waals surface area contributed by atoms with Gasteiger partial charge in [-0.3, -0.25) is 4.79 Å². The molecule has 5 nitrogen and oxygen atoms in total. The van der Waals surface area contributed by atoms with Crippen molar-refractivity contribution in [2.45, 2.75) is 30.6 Å². The van der Waals surface area contributed by atoms with Gasteiger partial charge in [0.15, 0.2) is 0 Å². The first-order chi connectivity index (χ1) is 11.6. The van der Waals surface area contributed by atoms with E-state index >= 15 is 0 Å². The second-order valence-corrected chi connectivity index (χ2v) is 9.20. The van der Waals surface area contributed by atoms with Gasteiger partial charge in [0.1, 0.15) is 0 Å². The summed E-state index contributed by atoms with van der Waals surface area (Å²) in [6.45, 7) is 5.58. The molecule has 0 fully saturated rings. The minimum Gasteiger partial charge on any atom is -0.325 e. The summed E-state index contributed by atoms with van der Waals surface area (Å²) in [5.74, 6) is 0.0157. The van der Waals surface area contributed by atoms with Crippen molar-refractivity contribution in [2.75, 3.05) is 11.1 Å². The molecule has 0 heterocycles. The number of hydrogen-bond acceptors (Lipinski definition) is 4. The molecule has 3 N–H and O–H groups in total. The minimum atomic E-state index is -3.83. The molecular formula is C17H19BrN2O3S2. The van der Waals surface area contributed by atoms with Gasteiger partial charge in [0.25, 0.3) is 0 Å². The number of benzene rings is 2. The quantitative estimate of drug-likeness (QED) is 0.689. The zero-order valence-corrected chi connectivity index (χ0v) is 17.3. The summed E-state index contributed by atoms with van der Waals surface area (Å²) in [6.07, 6.45) is 0. The van der Waals surface area contributed by atoms with E-state index in [0.717, 1.165) is 26.1 Å². The smallest absolute Gasteiger partial charge is 0.238 e. The molecule has 0 aromatic heterocycles. The zero-order chi connectivity index (χ0) is 18.8. The fourth-order valence-electron chi connectivity index (χ4n) is 2.22. The van der Waals surface area contributed by atoms with Crippen molar-refractivity contribution in [3.05, 3.63) is 51.5 Å². The van der Waals surface area contributed by atoms with Crippen molar-refractivity contribution in [2.24, 2.45) is 5.14 Å². The van der Waals surface area contributed by atoms with Crippen molar-refractivity contribution in [1.82, 2.24) is 0 Å². The minimum absolute atomic E-state index is 0.0118. The Morgan fingerprint density at radius 2 is 1.84 bits per heavy atom. The fourth-order valence-corrected chi connectivity index (χ4v) is 4.13. The maximum Gasteiger partial charge on any atom is 0.238 e. The van der Waals surface area contributed by atoms with Gasteiger partial charge in [0, 0.05) is 15.1 Å². The van der Waals surface area contributed by atoms with Crippen LogP contribution in [0, 0.1) is 20.8 Å². The summed E-state index contributed by atoms with van der Waals surface area (Å²) < 4.78 is 24.1. The van der Waals surface area contributed by atoms with E-state index in [1.807, 2.05) is 32.0 Å². The molecule has 0 unspecified atom stereocenters. The standard InChI is InChI=1S/C17H19BrN2O3S2/c1-10-7-14(25(19,22)23)8-15(12(10)3)20-17(21)9-24-16-5-4-13(18)6-11(16)2/h4-8H,9H2,1-3H3,(H,20,21)(H2,19,22,23). The zero-order valence-electron chi connectivity index (χ0n) is 14.1. The molecule has 0 bridgehead atoms. The van der Waals surface area contributed by atoms with E-state index in [0.29, 0.717) is 5.69 Å². The molecule has 134 valence electrons. The number of sulfonamides is 1. The highest BCUT2D eigenvalue weighted by atomic mass is 79.9. The van der Waals surface area contributed by atoms with Crippen molar-refractivity contribution >= 4 is 49.3 Å². The lowest BCUT2D eigenvalue weighted by Crippen LogP contribution is -2.17. The third-order valence-corrected chi connectivity index (χ3v) is 6.30. The topological polar surface area (TPSA) is 89.3 Å². The number of hydrogen-bond donors (Lipinski definition) is 2. The van der Waals surface area contributed by atoms with Gasteiger partial charge in [-0.1, -0.05) is 15.9 Å². The summed E-state index contributed by atoms with van der Waals surface area (Å²) >= 11 is 4.84. The Kier molecular flexibility index (Phi) is 6.31. The number of anilines is 1. The number of thioether (sulfide) groups is 1. The Balaban J connectivity index is 2.14. The summed E-state index contributed by atoms with van der Waals surface area (Å²) in [5, 5.41) is 7.97. The fraction of sp³-hybridized carbons (Fsp3) is 0.235. The van der Waals surface area contributed by atoms with E-state index in [1.54, 1.807) is 6.92 Å². The van der Waals surface area contributed by atoms with Gasteiger partial charge < -0.3 is 5.32 Å². The van der Waals surface area contributed by atoms with Crippen molar-refractivity contribution in [3.63, 3.8) is 0 Å². The van der Waals surface area contributed by atoms with Crippen LogP contribution in [0.3, 0.4) is 0 Å². The average molecular weight is 443 g/mol. The molecule has 2 rings (SSSR count). The van der Waals surface area contributed by atoms with Crippen molar-refractivity contribution in [3.8, 4) is 0 Å². The predicted molar refractivity (Wildman–Crippen MR) is 106 cm³/mol. The molecule has 0 aliphatic heterocycles. The SMILES string of the molecule is Cc1cc(Br)ccc1SCC(=O)Nc1cc(S(N)(=O)=O)cc(C)c1C. The highest BCUT2D eigenvalue weighted by Gasteiger charge is 2.14. The van der Waals surface area contributed by atoms with Crippen LogP contribution in [-0.4, -0.2) is 20.1 Å². The molecule has 0 radical (unpaired) electrons. The lowest BCUT2D eigenvalue weighted by Gasteiger charge is -2.13. The van der Waals surface area contributed by atoms with Crippen LogP contribution >= 0.6 is 27.7 Å². The molecule has 0 saturated carbocycles. The monoisotopic (exact) mass is 442 g/mol. The number of nitrogens with one attached hydrogen (secondary N) is 1. The summed E-state index contributed by atoms with van der Waals surface area (Å²) in [7, 11) is -3.83. The number of amides is 1. The number of primary sulfonamides is 1. The number of rotatable bonds is 5. The van der Waals surface area contributed by atoms with Crippen LogP contribution in [0.5, 0.6) is 0 Å². The van der Waals surface area contributed by atoms with Crippen LogP contribution in [-0.2, 0) is 14.8 Å². The average Bonchev–Trinajstić information content (AvgIpc) is 2.49. The summed E-state index contributed by atoms with van der Waals surface area (Å²) in [5.41, 5.74) is 3.10. The predicted octanol–water partition coefficient (Wildman–Crippen LogP) is 3.75. The van der Waals surface area contributed by atoms with E-state index in [1.165, 1.54) is 23.9 Å². The third-order valence-electron chi connectivity index (χ3n) is 3.74. The molecule has 1 amide bonds. The van der Waals surface area contributed by atoms with Gasteiger partial charge in [0.05, 0.1) is 10.6 Å². The second-order valence-electron chi connectivity index (χ2n) is 5.70. The number of halogens is 1. The van der Waals surface area contributed by atoms with Crippen LogP contribution < -0.4 is 10.5 Å². The molecule has 0 atom stereocenters. The van der Waals surface area contributed by atoms with Crippen molar-refractivity contribution in [1.29, 1.82) is 0 Å². The molecule has 0 saturated heterocycles. The number of carbonyl (C=O) groups excluding carboxylic acids is 1. The lowest BCUT2D eigenvalue weighted by molar-refractivity contribution is -0.113. The van der Waals surface area contributed by atoms with Gasteiger partial charge in [0.2, 0.25) is 15.9 Å². The van der Waals surface area contributed by atoms with Gasteiger partial charge >= 0.3 is 0 Å². The van der Waals surface area contributed by atoms with Gasteiger partial charge in [-0.05, 0) is 67.8 Å². The van der Waals surface area contributed by atoms with E-state index < -0.39 is 10.0 Å². The highest BCUT2D eigenvalue weighted by molar-refractivity contribution is 9.10. The van der Waals surface area contributed by atoms with E-state index in [2.05, 4.69) is 21.2 Å². The Morgan fingerprint density at radius 3 is 2.44 bits per heavy atom. The van der Waals surface area contributed by atoms with E-state index in [9.17, 15) is 13.2 Å². The maximum atomic E-state index is 12.3. The Labute approximate surface area is 160 Å². The second kappa shape index (κ2) is 7.90. The Morgan fingerprint density at radius 1 is 1.16 bits per heavy atom. The lowest BCUT2D eigenvalue weighted by atomic mass is 10.1. The largest absolute Gasteiger partial charge is 0.325 e. The molecule has 25 heavy (non-hydrogen) atoms. The molecule has 0 aliphatic rings. The first kappa shape index (κ1) is 20.0. The first-order valence-electron chi connectivity index (χ1n) is 7.41. The maximum absolute atomic E-state index is 12.3. The van der Waals surface area contributed by atoms with Crippen LogP contribution in [0.4, 0.5) is 5.69 Å². The number of carbonyl (C=O) groups is 1. The normalized spacial score (nSPS) is 11.4. The molecule has 2 aromatic rings. The number of nitrogens with two attached hydrogens (primary N) is 1. The van der Waals surface area contributed by atoms with Crippen molar-refractivity contribution < 1.29 is 13.2 Å². The van der Waals surface area contributed by atoms with E-state index in [-0.39, 0.29) is 16.6 Å². The van der Waals surface area contributed by atoms with Crippen LogP contribution in [0.15, 0.2) is 44.6 Å². The summed E-state index contributed by atoms with van der Waals surface area (Å²) in [4.78, 5) is 13.3. The Hall–Kier alpha value is -1.35. The van der Waals surface area contributed by atoms with Gasteiger partial charge in [-0.2, -0.15) is 0 Å². The summed E-state index contributed by atoms with van der Waals surface area (Å²) in [6, 6.07) is 8.76. The third kappa shape index (κ3) is 5.31. The first-order valence-corrected chi connectivity index (χ1v) is 10.7. The molecule has 2 aromatic carbocycles. The molecule has 0 spiro atoms. The van der Waals surface area contributed by atoms with Crippen LogP contribution in [0.1, 0.15) is 16.7 Å².